The maximum atomic E-state index is 12.8. The Hall–Kier alpha value is -4.32. The molecule has 19 heteroatoms. The van der Waals surface area contributed by atoms with Gasteiger partial charge in [-0.3, -0.25) is 4.79 Å². The summed E-state index contributed by atoms with van der Waals surface area (Å²) in [5.74, 6) is -0.125. The lowest BCUT2D eigenvalue weighted by molar-refractivity contribution is -0.152. The molecule has 0 bridgehead atoms. The summed E-state index contributed by atoms with van der Waals surface area (Å²) in [7, 11) is 1.24. The molecule has 3 aromatic rings. The van der Waals surface area contributed by atoms with E-state index in [1.54, 1.807) is 12.1 Å². The van der Waals surface area contributed by atoms with Crippen LogP contribution in [0.15, 0.2) is 18.3 Å². The van der Waals surface area contributed by atoms with Crippen molar-refractivity contribution in [1.29, 1.82) is 10.5 Å². The van der Waals surface area contributed by atoms with E-state index in [1.165, 1.54) is 17.8 Å². The summed E-state index contributed by atoms with van der Waals surface area (Å²) in [6.45, 7) is 3.34. The number of methoxy groups -OCH3 is 1. The molecule has 0 saturated carbocycles. The van der Waals surface area contributed by atoms with E-state index in [2.05, 4.69) is 37.1 Å². The molecule has 3 heterocycles. The fraction of sp³-hybridized carbons (Fsp3) is 0.444. The largest absolute Gasteiger partial charge is 0.457 e. The SMILES string of the molecule is CCNc1nc(Nc2cc(C#N)cc(N3CC[C@@H](NC(=O)OC)[C@H](OC(=O)C(N)CCCN)C3)c2Cl)nn2c(C#N)cnc12.Cl.Cl. The van der Waals surface area contributed by atoms with Crippen molar-refractivity contribution in [1.82, 2.24) is 24.9 Å². The van der Waals surface area contributed by atoms with Gasteiger partial charge in [0.05, 0.1) is 53.9 Å². The van der Waals surface area contributed by atoms with Gasteiger partial charge in [-0.25, -0.2) is 9.78 Å². The van der Waals surface area contributed by atoms with Crippen molar-refractivity contribution in [3.05, 3.63) is 34.6 Å². The Bertz CT molecular complexity index is 1610. The highest BCUT2D eigenvalue weighted by atomic mass is 35.5. The first-order chi connectivity index (χ1) is 21.2. The summed E-state index contributed by atoms with van der Waals surface area (Å²) in [4.78, 5) is 35.4. The van der Waals surface area contributed by atoms with Crippen molar-refractivity contribution in [2.24, 2.45) is 11.5 Å². The van der Waals surface area contributed by atoms with Crippen LogP contribution in [0.5, 0.6) is 0 Å². The number of imidazole rings is 1. The Morgan fingerprint density at radius 2 is 2.02 bits per heavy atom. The van der Waals surface area contributed by atoms with E-state index >= 15 is 0 Å². The van der Waals surface area contributed by atoms with Gasteiger partial charge < -0.3 is 41.8 Å². The van der Waals surface area contributed by atoms with Crippen molar-refractivity contribution in [2.75, 3.05) is 48.8 Å². The average Bonchev–Trinajstić information content (AvgIpc) is 3.45. The van der Waals surface area contributed by atoms with E-state index in [-0.39, 0.29) is 53.6 Å². The molecule has 1 aliphatic rings. The number of nitrogens with two attached hydrogens (primary N) is 2. The van der Waals surface area contributed by atoms with Crippen LogP contribution in [-0.2, 0) is 14.3 Å². The first kappa shape index (κ1) is 37.9. The predicted octanol–water partition coefficient (Wildman–Crippen LogP) is 2.45. The summed E-state index contributed by atoms with van der Waals surface area (Å²) in [6, 6.07) is 5.90. The molecule has 2 aromatic heterocycles. The van der Waals surface area contributed by atoms with Crippen LogP contribution in [-0.4, -0.2) is 83.1 Å². The number of rotatable bonds is 11. The summed E-state index contributed by atoms with van der Waals surface area (Å²) in [5, 5.41) is 32.8. The fourth-order valence-corrected chi connectivity index (χ4v) is 5.01. The fourth-order valence-electron chi connectivity index (χ4n) is 4.73. The summed E-state index contributed by atoms with van der Waals surface area (Å²) < 4.78 is 11.9. The minimum Gasteiger partial charge on any atom is -0.457 e. The van der Waals surface area contributed by atoms with Crippen LogP contribution >= 0.6 is 36.4 Å². The Morgan fingerprint density at radius 1 is 1.26 bits per heavy atom. The van der Waals surface area contributed by atoms with Crippen molar-refractivity contribution < 1.29 is 19.1 Å². The first-order valence-electron chi connectivity index (χ1n) is 13.9. The molecule has 0 aliphatic carbocycles. The molecule has 16 nitrogen and oxygen atoms in total. The van der Waals surface area contributed by atoms with Crippen molar-refractivity contribution >= 4 is 77.3 Å². The highest BCUT2D eigenvalue weighted by Gasteiger charge is 2.35. The topological polar surface area (TPSA) is 235 Å². The minimum absolute atomic E-state index is 0. The highest BCUT2D eigenvalue weighted by molar-refractivity contribution is 6.36. The highest BCUT2D eigenvalue weighted by Crippen LogP contribution is 2.37. The molecule has 1 unspecified atom stereocenters. The number of piperidine rings is 1. The number of anilines is 4. The van der Waals surface area contributed by atoms with Gasteiger partial charge in [-0.15, -0.1) is 29.9 Å². The quantitative estimate of drug-likeness (QED) is 0.181. The second kappa shape index (κ2) is 17.4. The first-order valence-corrected chi connectivity index (χ1v) is 14.3. The van der Waals surface area contributed by atoms with Gasteiger partial charge in [-0.1, -0.05) is 11.6 Å². The Balaban J connectivity index is 0.00000368. The molecule has 0 spiro atoms. The Morgan fingerprint density at radius 3 is 2.67 bits per heavy atom. The molecule has 3 atom stereocenters. The van der Waals surface area contributed by atoms with E-state index < -0.39 is 30.3 Å². The smallest absolute Gasteiger partial charge is 0.407 e. The number of ether oxygens (including phenoxy) is 2. The molecule has 1 aliphatic heterocycles. The number of aromatic nitrogens is 4. The monoisotopic (exact) mass is 696 g/mol. The molecule has 46 heavy (non-hydrogen) atoms. The van der Waals surface area contributed by atoms with Gasteiger partial charge in [0.25, 0.3) is 0 Å². The van der Waals surface area contributed by atoms with E-state index in [0.717, 1.165) is 0 Å². The van der Waals surface area contributed by atoms with Gasteiger partial charge >= 0.3 is 12.1 Å². The summed E-state index contributed by atoms with van der Waals surface area (Å²) >= 11 is 6.90. The van der Waals surface area contributed by atoms with Crippen LogP contribution in [0.1, 0.15) is 37.4 Å². The number of halogens is 3. The van der Waals surface area contributed by atoms with Gasteiger partial charge in [-0.2, -0.15) is 20.0 Å². The number of nitrogens with zero attached hydrogens (tertiary/aromatic N) is 7. The summed E-state index contributed by atoms with van der Waals surface area (Å²) in [6.07, 6.45) is 1.18. The number of fused-ring (bicyclic) bond motifs is 1. The van der Waals surface area contributed by atoms with Gasteiger partial charge in [0.1, 0.15) is 18.2 Å². The van der Waals surface area contributed by atoms with Gasteiger partial charge in [0.15, 0.2) is 17.2 Å². The number of nitrogens with one attached hydrogen (secondary N) is 3. The standard InChI is InChI=1S/C27H33ClN12O4.2ClH/c1-3-33-23-24-34-13-16(12-31)40(24)38-26(37-23)35-19-9-15(11-30)10-20(22(19)28)39-8-6-18(36-27(42)43-2)21(14-39)44-25(41)17(32)5-4-7-29;;/h9-10,13,17-18,21H,3-8,14,29,32H2,1-2H3,(H,36,42)(H2,33,35,37,38);2*1H/t17?,18-,21-;;/m1../s1. The number of carbonyl (C=O) groups is 2. The van der Waals surface area contributed by atoms with Crippen molar-refractivity contribution in [3.63, 3.8) is 0 Å². The summed E-state index contributed by atoms with van der Waals surface area (Å²) in [5.41, 5.74) is 13.2. The lowest BCUT2D eigenvalue weighted by Gasteiger charge is -2.40. The van der Waals surface area contributed by atoms with Crippen LogP contribution < -0.4 is 32.3 Å². The number of alkyl carbamates (subject to hydrolysis) is 1. The maximum Gasteiger partial charge on any atom is 0.407 e. The molecular formula is C27H35Cl3N12O4. The van der Waals surface area contributed by atoms with E-state index in [0.29, 0.717) is 61.7 Å². The van der Waals surface area contributed by atoms with Gasteiger partial charge in [0.2, 0.25) is 5.95 Å². The van der Waals surface area contributed by atoms with Crippen LogP contribution in [0, 0.1) is 22.7 Å². The van der Waals surface area contributed by atoms with Crippen molar-refractivity contribution in [3.8, 4) is 12.1 Å². The third-order valence-corrected chi connectivity index (χ3v) is 7.33. The van der Waals surface area contributed by atoms with E-state index in [4.69, 9.17) is 32.5 Å². The Labute approximate surface area is 282 Å². The third-order valence-electron chi connectivity index (χ3n) is 6.93. The molecular weight excluding hydrogens is 663 g/mol. The lowest BCUT2D eigenvalue weighted by atomic mass is 10.00. The Kier molecular flexibility index (Phi) is 14.3. The molecule has 1 saturated heterocycles. The number of amides is 1. The van der Waals surface area contributed by atoms with Crippen LogP contribution in [0.3, 0.4) is 0 Å². The predicted molar refractivity (Wildman–Crippen MR) is 176 cm³/mol. The average molecular weight is 698 g/mol. The van der Waals surface area contributed by atoms with Gasteiger partial charge in [-0.05, 0) is 44.9 Å². The van der Waals surface area contributed by atoms with Crippen LogP contribution in [0.2, 0.25) is 5.02 Å². The second-order valence-electron chi connectivity index (χ2n) is 9.89. The van der Waals surface area contributed by atoms with Crippen molar-refractivity contribution in [2.45, 2.75) is 44.4 Å². The number of esters is 1. The number of carbonyl (C=O) groups excluding carboxylic acids is 2. The zero-order valence-electron chi connectivity index (χ0n) is 25.0. The molecule has 0 radical (unpaired) electrons. The van der Waals surface area contributed by atoms with Crippen LogP contribution in [0.4, 0.5) is 27.9 Å². The number of hydrogen-bond acceptors (Lipinski definition) is 14. The zero-order valence-corrected chi connectivity index (χ0v) is 27.4. The number of hydrogen-bond donors (Lipinski definition) is 5. The second-order valence-corrected chi connectivity index (χ2v) is 10.3. The van der Waals surface area contributed by atoms with E-state index in [1.807, 2.05) is 17.9 Å². The third kappa shape index (κ3) is 8.68. The normalized spacial score (nSPS) is 16.1. The molecule has 248 valence electrons. The molecule has 7 N–H and O–H groups in total. The molecule has 1 fully saturated rings. The minimum atomic E-state index is -0.879. The van der Waals surface area contributed by atoms with Crippen LogP contribution in [0.25, 0.3) is 5.65 Å². The van der Waals surface area contributed by atoms with Gasteiger partial charge in [0, 0.05) is 13.1 Å². The lowest BCUT2D eigenvalue weighted by Crippen LogP contribution is -2.56. The maximum absolute atomic E-state index is 12.8. The molecule has 1 amide bonds. The number of benzene rings is 1. The zero-order chi connectivity index (χ0) is 31.8. The molecule has 4 rings (SSSR count). The number of nitriles is 2. The van der Waals surface area contributed by atoms with E-state index in [9.17, 15) is 20.1 Å². The molecule has 1 aromatic carbocycles.